The van der Waals surface area contributed by atoms with Crippen molar-refractivity contribution in [1.29, 1.82) is 0 Å². The van der Waals surface area contributed by atoms with E-state index in [1.54, 1.807) is 17.3 Å². The van der Waals surface area contributed by atoms with Gasteiger partial charge in [0, 0.05) is 16.5 Å². The minimum absolute atomic E-state index is 0.0225. The van der Waals surface area contributed by atoms with Gasteiger partial charge in [-0.25, -0.2) is 9.97 Å². The van der Waals surface area contributed by atoms with Crippen LogP contribution in [0.15, 0.2) is 48.1 Å². The van der Waals surface area contributed by atoms with Crippen LogP contribution in [0, 0.1) is 0 Å². The summed E-state index contributed by atoms with van der Waals surface area (Å²) in [5, 5.41) is 8.90. The monoisotopic (exact) mass is 499 g/mol. The van der Waals surface area contributed by atoms with Crippen LogP contribution in [0.5, 0.6) is 5.75 Å². The Balaban J connectivity index is 1.21. The molecule has 4 heterocycles. The number of ether oxygens (including phenoxy) is 1. The maximum atomic E-state index is 13.7. The van der Waals surface area contributed by atoms with Gasteiger partial charge in [0.2, 0.25) is 5.91 Å². The third-order valence-corrected chi connectivity index (χ3v) is 7.69. The third-order valence-electron chi connectivity index (χ3n) is 6.86. The number of thiazole rings is 1. The van der Waals surface area contributed by atoms with Crippen molar-refractivity contribution in [3.8, 4) is 5.75 Å². The lowest BCUT2D eigenvalue weighted by Gasteiger charge is -2.36. The number of benzene rings is 1. The number of alkyl halides is 3. The number of nitrogens with zero attached hydrogens (tertiary/aromatic N) is 4. The highest BCUT2D eigenvalue weighted by Gasteiger charge is 2.52. The molecule has 11 heteroatoms. The molecular weight excluding hydrogens is 479 g/mol. The Labute approximate surface area is 202 Å². The Kier molecular flexibility index (Phi) is 5.06. The molecule has 0 radical (unpaired) electrons. The lowest BCUT2D eigenvalue weighted by atomic mass is 9.69. The summed E-state index contributed by atoms with van der Waals surface area (Å²) in [6.45, 7) is 0.0225. The van der Waals surface area contributed by atoms with Crippen LogP contribution in [0.4, 0.5) is 18.9 Å². The number of pyridine rings is 1. The summed E-state index contributed by atoms with van der Waals surface area (Å²) < 4.78 is 45.2. The molecule has 7 nitrogen and oxygen atoms in total. The fourth-order valence-electron chi connectivity index (χ4n) is 5.16. The molecule has 1 N–H and O–H groups in total. The van der Waals surface area contributed by atoms with Gasteiger partial charge in [-0.15, -0.1) is 11.3 Å². The van der Waals surface area contributed by atoms with Gasteiger partial charge in [-0.2, -0.15) is 18.3 Å². The van der Waals surface area contributed by atoms with Gasteiger partial charge in [0.1, 0.15) is 10.8 Å². The number of carbonyl (C=O) groups is 1. The highest BCUT2D eigenvalue weighted by atomic mass is 32.1. The quantitative estimate of drug-likeness (QED) is 0.415. The second-order valence-electron chi connectivity index (χ2n) is 8.91. The first-order valence-corrected chi connectivity index (χ1v) is 12.1. The maximum Gasteiger partial charge on any atom is 0.434 e. The number of aromatic amines is 1. The van der Waals surface area contributed by atoms with Crippen LogP contribution in [0.2, 0.25) is 0 Å². The van der Waals surface area contributed by atoms with Crippen LogP contribution < -0.4 is 9.64 Å². The second-order valence-corrected chi connectivity index (χ2v) is 9.85. The van der Waals surface area contributed by atoms with Crippen molar-refractivity contribution in [2.75, 3.05) is 4.90 Å². The number of halogens is 3. The van der Waals surface area contributed by atoms with Crippen LogP contribution in [0.25, 0.3) is 11.0 Å². The van der Waals surface area contributed by atoms with E-state index in [0.717, 1.165) is 33.4 Å². The number of fused-ring (bicyclic) bond motifs is 3. The van der Waals surface area contributed by atoms with Gasteiger partial charge in [-0.3, -0.25) is 9.89 Å². The summed E-state index contributed by atoms with van der Waals surface area (Å²) in [7, 11) is 0. The molecule has 1 fully saturated rings. The summed E-state index contributed by atoms with van der Waals surface area (Å²) in [5.74, 6) is 0.575. The first-order valence-electron chi connectivity index (χ1n) is 11.2. The predicted molar refractivity (Wildman–Crippen MR) is 123 cm³/mol. The Morgan fingerprint density at radius 2 is 2.00 bits per heavy atom. The van der Waals surface area contributed by atoms with E-state index < -0.39 is 17.3 Å². The number of H-pyrrole nitrogens is 1. The molecule has 0 bridgehead atoms. The predicted octanol–water partition coefficient (Wildman–Crippen LogP) is 5.24. The van der Waals surface area contributed by atoms with Gasteiger partial charge < -0.3 is 9.64 Å². The Bertz CT molecular complexity index is 1410. The molecule has 1 aromatic carbocycles. The van der Waals surface area contributed by atoms with Crippen LogP contribution in [-0.2, 0) is 22.9 Å². The number of carbonyl (C=O) groups excluding carboxylic acids is 1. The van der Waals surface area contributed by atoms with E-state index in [-0.39, 0.29) is 23.6 Å². The van der Waals surface area contributed by atoms with Crippen molar-refractivity contribution in [2.45, 2.75) is 49.9 Å². The van der Waals surface area contributed by atoms with Crippen LogP contribution >= 0.6 is 11.3 Å². The average molecular weight is 500 g/mol. The van der Waals surface area contributed by atoms with Crippen LogP contribution in [0.3, 0.4) is 0 Å². The van der Waals surface area contributed by atoms with E-state index in [0.29, 0.717) is 37.1 Å². The van der Waals surface area contributed by atoms with Gasteiger partial charge in [-0.1, -0.05) is 18.2 Å². The number of hydrogen-bond acceptors (Lipinski definition) is 6. The molecule has 3 aromatic heterocycles. The molecule has 4 aromatic rings. The summed E-state index contributed by atoms with van der Waals surface area (Å²) >= 11 is 0.920. The largest absolute Gasteiger partial charge is 0.489 e. The van der Waals surface area contributed by atoms with E-state index in [9.17, 15) is 18.0 Å². The smallest absolute Gasteiger partial charge is 0.434 e. The molecule has 35 heavy (non-hydrogen) atoms. The van der Waals surface area contributed by atoms with Crippen LogP contribution in [0.1, 0.15) is 41.9 Å². The lowest BCUT2D eigenvalue weighted by molar-refractivity contribution is -0.140. The molecule has 1 aliphatic heterocycles. The van der Waals surface area contributed by atoms with E-state index in [4.69, 9.17) is 4.74 Å². The number of amides is 1. The van der Waals surface area contributed by atoms with E-state index >= 15 is 0 Å². The molecule has 1 aliphatic carbocycles. The van der Waals surface area contributed by atoms with Crippen molar-refractivity contribution in [2.24, 2.45) is 0 Å². The molecule has 0 saturated heterocycles. The number of nitrogens with one attached hydrogen (secondary N) is 1. The Hall–Kier alpha value is -3.47. The summed E-state index contributed by atoms with van der Waals surface area (Å²) in [6, 6.07) is 9.44. The fourth-order valence-corrected chi connectivity index (χ4v) is 5.95. The Morgan fingerprint density at radius 3 is 2.77 bits per heavy atom. The fraction of sp³-hybridized carbons (Fsp3) is 0.333. The zero-order chi connectivity index (χ0) is 24.2. The first kappa shape index (κ1) is 22.0. The average Bonchev–Trinajstić information content (AvgIpc) is 3.56. The SMILES string of the molecule is O=C1N(Cc2nc(C(F)(F)F)cs2)c2ccccc2C12CCC(Oc1cnc3[nH]ncc3c1)CC2. The molecule has 1 spiro atoms. The minimum atomic E-state index is -4.50. The Morgan fingerprint density at radius 1 is 1.20 bits per heavy atom. The van der Waals surface area contributed by atoms with Crippen molar-refractivity contribution >= 4 is 34.0 Å². The highest BCUT2D eigenvalue weighted by Crippen LogP contribution is 2.51. The molecular formula is C24H20F3N5O2S. The molecule has 1 amide bonds. The topological polar surface area (TPSA) is 84.0 Å². The highest BCUT2D eigenvalue weighted by molar-refractivity contribution is 7.09. The summed E-state index contributed by atoms with van der Waals surface area (Å²) in [5.41, 5.74) is 0.740. The number of anilines is 1. The minimum Gasteiger partial charge on any atom is -0.489 e. The number of rotatable bonds is 4. The molecule has 0 unspecified atom stereocenters. The van der Waals surface area contributed by atoms with Gasteiger partial charge in [0.05, 0.1) is 30.5 Å². The molecule has 0 atom stereocenters. The standard InChI is InChI=1S/C24H20F3N5O2S/c25-24(26,27)19-13-35-20(30-19)12-32-18-4-2-1-3-17(18)23(22(32)33)7-5-15(6-8-23)34-16-9-14-10-29-31-21(14)28-11-16/h1-4,9-11,13,15H,5-8,12H2,(H,28,29,31). The second kappa shape index (κ2) is 8.04. The molecule has 6 rings (SSSR count). The van der Waals surface area contributed by atoms with E-state index in [2.05, 4.69) is 20.2 Å². The van der Waals surface area contributed by atoms with Crippen molar-refractivity contribution in [1.82, 2.24) is 20.2 Å². The van der Waals surface area contributed by atoms with E-state index in [1.165, 1.54) is 0 Å². The number of hydrogen-bond donors (Lipinski definition) is 1. The van der Waals surface area contributed by atoms with Crippen molar-refractivity contribution in [3.63, 3.8) is 0 Å². The lowest BCUT2D eigenvalue weighted by Crippen LogP contribution is -2.44. The van der Waals surface area contributed by atoms with E-state index in [1.807, 2.05) is 30.3 Å². The zero-order valence-electron chi connectivity index (χ0n) is 18.4. The molecule has 1 saturated carbocycles. The maximum absolute atomic E-state index is 13.7. The molecule has 180 valence electrons. The van der Waals surface area contributed by atoms with Gasteiger partial charge in [0.25, 0.3) is 0 Å². The zero-order valence-corrected chi connectivity index (χ0v) is 19.2. The van der Waals surface area contributed by atoms with Gasteiger partial charge >= 0.3 is 6.18 Å². The van der Waals surface area contributed by atoms with Crippen molar-refractivity contribution in [3.05, 3.63) is 64.4 Å². The first-order chi connectivity index (χ1) is 16.8. The molecule has 2 aliphatic rings. The van der Waals surface area contributed by atoms with Crippen LogP contribution in [-0.4, -0.2) is 32.2 Å². The van der Waals surface area contributed by atoms with Gasteiger partial charge in [0.15, 0.2) is 11.3 Å². The normalized spacial score (nSPS) is 22.2. The van der Waals surface area contributed by atoms with Gasteiger partial charge in [-0.05, 0) is 43.4 Å². The third kappa shape index (κ3) is 3.74. The summed E-state index contributed by atoms with van der Waals surface area (Å²) in [6.07, 6.45) is 1.32. The number of aromatic nitrogens is 4. The van der Waals surface area contributed by atoms with Crippen molar-refractivity contribution < 1.29 is 22.7 Å². The summed E-state index contributed by atoms with van der Waals surface area (Å²) in [4.78, 5) is 23.4. The number of para-hydroxylation sites is 1.